The number of carbonyl (C=O) groups excluding carboxylic acids is 2. The maximum atomic E-state index is 13.5. The zero-order valence-corrected chi connectivity index (χ0v) is 20.6. The van der Waals surface area contributed by atoms with Gasteiger partial charge in [-0.1, -0.05) is 35.4 Å². The van der Waals surface area contributed by atoms with Crippen molar-refractivity contribution in [2.24, 2.45) is 0 Å². The third-order valence-electron chi connectivity index (χ3n) is 4.91. The van der Waals surface area contributed by atoms with Gasteiger partial charge in [0.25, 0.3) is 10.0 Å². The van der Waals surface area contributed by atoms with Gasteiger partial charge in [0, 0.05) is 18.3 Å². The minimum atomic E-state index is -4.85. The molecule has 0 fully saturated rings. The minimum absolute atomic E-state index is 0.211. The molecule has 0 saturated carbocycles. The summed E-state index contributed by atoms with van der Waals surface area (Å²) in [6, 6.07) is 14.3. The summed E-state index contributed by atoms with van der Waals surface area (Å²) in [5, 5.41) is 4.43. The molecular weight excluding hydrogens is 519 g/mol. The van der Waals surface area contributed by atoms with Crippen LogP contribution in [0.15, 0.2) is 71.6 Å². The molecule has 0 saturated heterocycles. The molecule has 3 rings (SSSR count). The molecule has 0 unspecified atom stereocenters. The van der Waals surface area contributed by atoms with Crippen LogP contribution in [0.2, 0.25) is 5.02 Å². The fraction of sp³-hybridized carbons (Fsp3) is 0.167. The van der Waals surface area contributed by atoms with Crippen molar-refractivity contribution in [2.75, 3.05) is 21.5 Å². The number of nitrogens with zero attached hydrogens (tertiary/aromatic N) is 1. The Morgan fingerprint density at radius 2 is 1.56 bits per heavy atom. The van der Waals surface area contributed by atoms with E-state index in [-0.39, 0.29) is 16.5 Å². The van der Waals surface area contributed by atoms with Gasteiger partial charge >= 0.3 is 6.18 Å². The number of nitrogens with one attached hydrogen (secondary N) is 2. The molecule has 0 bridgehead atoms. The van der Waals surface area contributed by atoms with Crippen molar-refractivity contribution >= 4 is 50.5 Å². The molecule has 0 spiro atoms. The largest absolute Gasteiger partial charge is 0.417 e. The molecule has 7 nitrogen and oxygen atoms in total. The zero-order valence-electron chi connectivity index (χ0n) is 19.1. The number of carbonyl (C=O) groups is 2. The predicted octanol–water partition coefficient (Wildman–Crippen LogP) is 5.46. The van der Waals surface area contributed by atoms with E-state index in [0.717, 1.165) is 17.7 Å². The first kappa shape index (κ1) is 27.0. The van der Waals surface area contributed by atoms with Gasteiger partial charge in [-0.05, 0) is 55.5 Å². The molecule has 2 N–H and O–H groups in total. The summed E-state index contributed by atoms with van der Waals surface area (Å²) >= 11 is 5.70. The lowest BCUT2D eigenvalue weighted by molar-refractivity contribution is -0.137. The molecule has 3 aromatic carbocycles. The Labute approximate surface area is 210 Å². The predicted molar refractivity (Wildman–Crippen MR) is 132 cm³/mol. The van der Waals surface area contributed by atoms with Crippen molar-refractivity contribution in [1.82, 2.24) is 0 Å². The highest BCUT2D eigenvalue weighted by Gasteiger charge is 2.35. The third kappa shape index (κ3) is 6.55. The number of sulfonamides is 1. The normalized spacial score (nSPS) is 11.6. The summed E-state index contributed by atoms with van der Waals surface area (Å²) in [6.45, 7) is 2.21. The van der Waals surface area contributed by atoms with Crippen molar-refractivity contribution in [3.05, 3.63) is 82.9 Å². The Kier molecular flexibility index (Phi) is 7.95. The molecule has 0 heterocycles. The highest BCUT2D eigenvalue weighted by molar-refractivity contribution is 7.92. The van der Waals surface area contributed by atoms with Crippen LogP contribution in [0.3, 0.4) is 0 Å². The number of hydrogen-bond donors (Lipinski definition) is 2. The van der Waals surface area contributed by atoms with E-state index in [1.54, 1.807) is 19.1 Å². The van der Waals surface area contributed by atoms with E-state index in [9.17, 15) is 31.2 Å². The van der Waals surface area contributed by atoms with Crippen LogP contribution in [0, 0.1) is 6.92 Å². The van der Waals surface area contributed by atoms with Crippen LogP contribution in [0.4, 0.5) is 30.2 Å². The van der Waals surface area contributed by atoms with E-state index >= 15 is 0 Å². The molecule has 0 atom stereocenters. The number of halogens is 4. The second-order valence-electron chi connectivity index (χ2n) is 7.80. The van der Waals surface area contributed by atoms with Gasteiger partial charge in [0.05, 0.1) is 21.2 Å². The number of amides is 2. The van der Waals surface area contributed by atoms with E-state index < -0.39 is 44.9 Å². The van der Waals surface area contributed by atoms with Crippen LogP contribution < -0.4 is 14.9 Å². The van der Waals surface area contributed by atoms with E-state index in [1.165, 1.54) is 43.3 Å². The van der Waals surface area contributed by atoms with Gasteiger partial charge in [-0.3, -0.25) is 13.9 Å². The van der Waals surface area contributed by atoms with Crippen molar-refractivity contribution in [2.45, 2.75) is 24.9 Å². The average molecular weight is 540 g/mol. The summed E-state index contributed by atoms with van der Waals surface area (Å²) in [7, 11) is -4.45. The van der Waals surface area contributed by atoms with E-state index in [2.05, 4.69) is 10.6 Å². The number of alkyl halides is 3. The highest BCUT2D eigenvalue weighted by atomic mass is 35.5. The topological polar surface area (TPSA) is 95.6 Å². The summed E-state index contributed by atoms with van der Waals surface area (Å²) in [4.78, 5) is 23.9. The lowest BCUT2D eigenvalue weighted by Crippen LogP contribution is -2.38. The Balaban J connectivity index is 2.00. The second-order valence-corrected chi connectivity index (χ2v) is 10.1. The van der Waals surface area contributed by atoms with Crippen molar-refractivity contribution < 1.29 is 31.2 Å². The number of benzene rings is 3. The van der Waals surface area contributed by atoms with Gasteiger partial charge in [-0.2, -0.15) is 13.2 Å². The first-order valence-corrected chi connectivity index (χ1v) is 12.2. The molecule has 12 heteroatoms. The summed E-state index contributed by atoms with van der Waals surface area (Å²) in [5.41, 5.74) is -0.241. The van der Waals surface area contributed by atoms with Gasteiger partial charge in [0.1, 0.15) is 6.54 Å². The molecular formula is C24H21ClF3N3O4S. The number of rotatable bonds is 7. The molecule has 0 aliphatic heterocycles. The van der Waals surface area contributed by atoms with Crippen LogP contribution in [0.1, 0.15) is 18.1 Å². The van der Waals surface area contributed by atoms with Crippen LogP contribution >= 0.6 is 11.6 Å². The third-order valence-corrected chi connectivity index (χ3v) is 7.02. The monoisotopic (exact) mass is 539 g/mol. The summed E-state index contributed by atoms with van der Waals surface area (Å²) < 4.78 is 67.9. The molecule has 3 aromatic rings. The van der Waals surface area contributed by atoms with Crippen molar-refractivity contribution in [1.29, 1.82) is 0 Å². The Hall–Kier alpha value is -3.57. The number of aryl methyl sites for hydroxylation is 1. The quantitative estimate of drug-likeness (QED) is 0.417. The standard InChI is InChI=1S/C24H21ClF3N3O4S/c1-15-6-9-20(10-7-15)36(34,35)31(19-8-11-22(25)21(13-19)24(26,27)28)14-23(33)30-18-5-3-4-17(12-18)29-16(2)32/h3-13H,14H2,1-2H3,(H,29,32)(H,30,33). The minimum Gasteiger partial charge on any atom is -0.326 e. The highest BCUT2D eigenvalue weighted by Crippen LogP contribution is 2.38. The van der Waals surface area contributed by atoms with Gasteiger partial charge in [0.2, 0.25) is 11.8 Å². The van der Waals surface area contributed by atoms with Crippen LogP contribution in [0.25, 0.3) is 0 Å². The zero-order chi connectivity index (χ0) is 26.7. The lowest BCUT2D eigenvalue weighted by Gasteiger charge is -2.25. The van der Waals surface area contributed by atoms with Gasteiger partial charge in [-0.25, -0.2) is 8.42 Å². The number of hydrogen-bond acceptors (Lipinski definition) is 4. The fourth-order valence-electron chi connectivity index (χ4n) is 3.25. The van der Waals surface area contributed by atoms with E-state index in [1.807, 2.05) is 0 Å². The van der Waals surface area contributed by atoms with Gasteiger partial charge in [-0.15, -0.1) is 0 Å². The first-order chi connectivity index (χ1) is 16.8. The Bertz CT molecular complexity index is 1390. The number of anilines is 3. The van der Waals surface area contributed by atoms with Gasteiger partial charge in [0.15, 0.2) is 0 Å². The molecule has 0 aromatic heterocycles. The fourth-order valence-corrected chi connectivity index (χ4v) is 4.88. The molecule has 0 radical (unpaired) electrons. The summed E-state index contributed by atoms with van der Waals surface area (Å²) in [5.74, 6) is -1.16. The molecule has 2 amide bonds. The van der Waals surface area contributed by atoms with Crippen LogP contribution in [0.5, 0.6) is 0 Å². The van der Waals surface area contributed by atoms with E-state index in [4.69, 9.17) is 11.6 Å². The molecule has 0 aliphatic rings. The Morgan fingerprint density at radius 1 is 0.944 bits per heavy atom. The lowest BCUT2D eigenvalue weighted by atomic mass is 10.2. The Morgan fingerprint density at radius 3 is 2.14 bits per heavy atom. The van der Waals surface area contributed by atoms with E-state index in [0.29, 0.717) is 16.1 Å². The maximum Gasteiger partial charge on any atom is 0.417 e. The first-order valence-electron chi connectivity index (χ1n) is 10.4. The molecule has 190 valence electrons. The second kappa shape index (κ2) is 10.6. The summed E-state index contributed by atoms with van der Waals surface area (Å²) in [6.07, 6.45) is -4.85. The average Bonchev–Trinajstić information content (AvgIpc) is 2.77. The molecule has 36 heavy (non-hydrogen) atoms. The van der Waals surface area contributed by atoms with Crippen molar-refractivity contribution in [3.63, 3.8) is 0 Å². The SMILES string of the molecule is CC(=O)Nc1cccc(NC(=O)CN(c2ccc(Cl)c(C(F)(F)F)c2)S(=O)(=O)c2ccc(C)cc2)c1. The van der Waals surface area contributed by atoms with Crippen LogP contribution in [-0.2, 0) is 25.8 Å². The van der Waals surface area contributed by atoms with Gasteiger partial charge < -0.3 is 10.6 Å². The molecule has 0 aliphatic carbocycles. The smallest absolute Gasteiger partial charge is 0.326 e. The van der Waals surface area contributed by atoms with Crippen molar-refractivity contribution in [3.8, 4) is 0 Å². The van der Waals surface area contributed by atoms with Crippen LogP contribution in [-0.4, -0.2) is 26.8 Å². The maximum absolute atomic E-state index is 13.5.